The molecule has 1 amide bonds. The maximum Gasteiger partial charge on any atom is 0.251 e. The molecule has 1 unspecified atom stereocenters. The second kappa shape index (κ2) is 6.78. The third-order valence-corrected chi connectivity index (χ3v) is 4.66. The van der Waals surface area contributed by atoms with Crippen LogP contribution in [-0.2, 0) is 6.54 Å². The fourth-order valence-electron chi connectivity index (χ4n) is 3.39. The summed E-state index contributed by atoms with van der Waals surface area (Å²) in [6, 6.07) is 26.1. The Labute approximate surface area is 147 Å². The average Bonchev–Trinajstić information content (AvgIpc) is 3.11. The highest BCUT2D eigenvalue weighted by Gasteiger charge is 2.20. The van der Waals surface area contributed by atoms with Crippen molar-refractivity contribution >= 4 is 12.0 Å². The highest BCUT2D eigenvalue weighted by Crippen LogP contribution is 2.36. The maximum absolute atomic E-state index is 12.3. The number of hydrogen-bond donors (Lipinski definition) is 1. The second-order valence-electron chi connectivity index (χ2n) is 6.21. The van der Waals surface area contributed by atoms with Crippen LogP contribution in [0, 0.1) is 0 Å². The normalized spacial score (nSPS) is 15.0. The number of allylic oxidation sites excluding steroid dienone is 1. The third kappa shape index (κ3) is 3.11. The van der Waals surface area contributed by atoms with Crippen LogP contribution >= 0.6 is 0 Å². The molecule has 3 aromatic rings. The number of hydrogen-bond acceptors (Lipinski definition) is 1. The molecular weight excluding hydrogens is 306 g/mol. The molecule has 0 aromatic heterocycles. The van der Waals surface area contributed by atoms with E-state index in [1.54, 1.807) is 0 Å². The molecule has 1 N–H and O–H groups in total. The molecule has 3 aromatic carbocycles. The van der Waals surface area contributed by atoms with Crippen molar-refractivity contribution in [1.29, 1.82) is 0 Å². The Morgan fingerprint density at radius 1 is 0.800 bits per heavy atom. The van der Waals surface area contributed by atoms with E-state index in [-0.39, 0.29) is 11.8 Å². The van der Waals surface area contributed by atoms with Crippen molar-refractivity contribution in [2.24, 2.45) is 0 Å². The van der Waals surface area contributed by atoms with Crippen LogP contribution in [0.2, 0.25) is 0 Å². The SMILES string of the molecule is O=C(NCc1ccccc1C1C=Cc2ccccc21)c1ccccc1. The van der Waals surface area contributed by atoms with Gasteiger partial charge in [0.25, 0.3) is 5.91 Å². The lowest BCUT2D eigenvalue weighted by Crippen LogP contribution is -2.23. The first-order chi connectivity index (χ1) is 12.3. The molecule has 0 fully saturated rings. The van der Waals surface area contributed by atoms with Crippen LogP contribution in [0.25, 0.3) is 6.08 Å². The van der Waals surface area contributed by atoms with E-state index in [0.717, 1.165) is 5.56 Å². The van der Waals surface area contributed by atoms with E-state index in [1.165, 1.54) is 16.7 Å². The molecule has 0 heterocycles. The molecule has 0 saturated carbocycles. The lowest BCUT2D eigenvalue weighted by Gasteiger charge is -2.17. The van der Waals surface area contributed by atoms with Gasteiger partial charge in [0.1, 0.15) is 0 Å². The van der Waals surface area contributed by atoms with E-state index in [0.29, 0.717) is 12.1 Å². The summed E-state index contributed by atoms with van der Waals surface area (Å²) >= 11 is 0. The summed E-state index contributed by atoms with van der Waals surface area (Å²) in [7, 11) is 0. The second-order valence-corrected chi connectivity index (χ2v) is 6.21. The Morgan fingerprint density at radius 3 is 2.32 bits per heavy atom. The Balaban J connectivity index is 1.57. The van der Waals surface area contributed by atoms with Crippen LogP contribution in [0.5, 0.6) is 0 Å². The Morgan fingerprint density at radius 2 is 1.48 bits per heavy atom. The molecule has 2 nitrogen and oxygen atoms in total. The molecular formula is C23H19NO. The number of fused-ring (bicyclic) bond motifs is 1. The summed E-state index contributed by atoms with van der Waals surface area (Å²) in [6.45, 7) is 0.524. The van der Waals surface area contributed by atoms with Crippen molar-refractivity contribution in [2.45, 2.75) is 12.5 Å². The predicted octanol–water partition coefficient (Wildman–Crippen LogP) is 4.78. The maximum atomic E-state index is 12.3. The van der Waals surface area contributed by atoms with Gasteiger partial charge in [0.2, 0.25) is 0 Å². The van der Waals surface area contributed by atoms with Gasteiger partial charge in [-0.1, -0.05) is 78.9 Å². The van der Waals surface area contributed by atoms with E-state index in [9.17, 15) is 4.79 Å². The van der Waals surface area contributed by atoms with Gasteiger partial charge in [-0.2, -0.15) is 0 Å². The average molecular weight is 325 g/mol. The topological polar surface area (TPSA) is 29.1 Å². The van der Waals surface area contributed by atoms with Crippen LogP contribution in [0.15, 0.2) is 84.9 Å². The van der Waals surface area contributed by atoms with Gasteiger partial charge in [-0.05, 0) is 34.4 Å². The van der Waals surface area contributed by atoms with Crippen molar-refractivity contribution in [1.82, 2.24) is 5.32 Å². The summed E-state index contributed by atoms with van der Waals surface area (Å²) in [5.74, 6) is 0.207. The lowest BCUT2D eigenvalue weighted by atomic mass is 9.89. The number of rotatable bonds is 4. The summed E-state index contributed by atoms with van der Waals surface area (Å²) in [5.41, 5.74) is 5.68. The summed E-state index contributed by atoms with van der Waals surface area (Å²) in [4.78, 5) is 12.3. The Kier molecular flexibility index (Phi) is 4.17. The monoisotopic (exact) mass is 325 g/mol. The van der Waals surface area contributed by atoms with Crippen molar-refractivity contribution in [3.8, 4) is 0 Å². The number of nitrogens with one attached hydrogen (secondary N) is 1. The fraction of sp³-hybridized carbons (Fsp3) is 0.0870. The molecule has 0 bridgehead atoms. The quantitative estimate of drug-likeness (QED) is 0.735. The minimum absolute atomic E-state index is 0.0437. The zero-order valence-corrected chi connectivity index (χ0v) is 13.9. The van der Waals surface area contributed by atoms with Crippen LogP contribution in [0.1, 0.15) is 38.5 Å². The molecule has 122 valence electrons. The van der Waals surface area contributed by atoms with E-state index >= 15 is 0 Å². The van der Waals surface area contributed by atoms with E-state index in [1.807, 2.05) is 36.4 Å². The number of carbonyl (C=O) groups excluding carboxylic acids is 1. The number of carbonyl (C=O) groups is 1. The van der Waals surface area contributed by atoms with Gasteiger partial charge in [-0.25, -0.2) is 0 Å². The molecule has 4 rings (SSSR count). The van der Waals surface area contributed by atoms with Gasteiger partial charge >= 0.3 is 0 Å². The first-order valence-electron chi connectivity index (χ1n) is 8.51. The van der Waals surface area contributed by atoms with Gasteiger partial charge in [0.05, 0.1) is 0 Å². The molecule has 25 heavy (non-hydrogen) atoms. The van der Waals surface area contributed by atoms with E-state index in [4.69, 9.17) is 0 Å². The minimum atomic E-state index is -0.0437. The Hall–Kier alpha value is -3.13. The smallest absolute Gasteiger partial charge is 0.251 e. The van der Waals surface area contributed by atoms with Gasteiger partial charge in [-0.15, -0.1) is 0 Å². The van der Waals surface area contributed by atoms with E-state index < -0.39 is 0 Å². The highest BCUT2D eigenvalue weighted by molar-refractivity contribution is 5.94. The first-order valence-corrected chi connectivity index (χ1v) is 8.51. The largest absolute Gasteiger partial charge is 0.348 e. The fourth-order valence-corrected chi connectivity index (χ4v) is 3.39. The Bertz CT molecular complexity index is 928. The van der Waals surface area contributed by atoms with Crippen LogP contribution in [0.4, 0.5) is 0 Å². The zero-order chi connectivity index (χ0) is 17.1. The van der Waals surface area contributed by atoms with Gasteiger partial charge in [-0.3, -0.25) is 4.79 Å². The van der Waals surface area contributed by atoms with Gasteiger partial charge < -0.3 is 5.32 Å². The molecule has 2 heteroatoms. The molecule has 1 atom stereocenters. The molecule has 0 radical (unpaired) electrons. The molecule has 0 spiro atoms. The van der Waals surface area contributed by atoms with Gasteiger partial charge in [0.15, 0.2) is 0 Å². The van der Waals surface area contributed by atoms with Crippen molar-refractivity contribution in [3.05, 3.63) is 113 Å². The van der Waals surface area contributed by atoms with Gasteiger partial charge in [0, 0.05) is 18.0 Å². The lowest BCUT2D eigenvalue weighted by molar-refractivity contribution is 0.0951. The van der Waals surface area contributed by atoms with Crippen molar-refractivity contribution < 1.29 is 4.79 Å². The number of amides is 1. The zero-order valence-electron chi connectivity index (χ0n) is 13.9. The standard InChI is InChI=1S/C23H19NO/c25-23(18-9-2-1-3-10-18)24-16-19-11-5-7-13-21(19)22-15-14-17-8-4-6-12-20(17)22/h1-15,22H,16H2,(H,24,25). The predicted molar refractivity (Wildman–Crippen MR) is 101 cm³/mol. The molecule has 0 aliphatic heterocycles. The van der Waals surface area contributed by atoms with Crippen molar-refractivity contribution in [2.75, 3.05) is 0 Å². The summed E-state index contributed by atoms with van der Waals surface area (Å²) < 4.78 is 0. The summed E-state index contributed by atoms with van der Waals surface area (Å²) in [6.07, 6.45) is 4.42. The van der Waals surface area contributed by atoms with Crippen molar-refractivity contribution in [3.63, 3.8) is 0 Å². The molecule has 0 saturated heterocycles. The van der Waals surface area contributed by atoms with E-state index in [2.05, 4.69) is 59.9 Å². The summed E-state index contributed by atoms with van der Waals surface area (Å²) in [5, 5.41) is 3.04. The first kappa shape index (κ1) is 15.4. The highest BCUT2D eigenvalue weighted by atomic mass is 16.1. The molecule has 1 aliphatic rings. The third-order valence-electron chi connectivity index (χ3n) is 4.66. The molecule has 1 aliphatic carbocycles. The number of benzene rings is 3. The van der Waals surface area contributed by atoms with Crippen LogP contribution in [0.3, 0.4) is 0 Å². The van der Waals surface area contributed by atoms with Crippen LogP contribution in [-0.4, -0.2) is 5.91 Å². The minimum Gasteiger partial charge on any atom is -0.348 e. The van der Waals surface area contributed by atoms with Crippen LogP contribution < -0.4 is 5.32 Å².